The first-order chi connectivity index (χ1) is 12.9. The smallest absolute Gasteiger partial charge is 0.412 e. The van der Waals surface area contributed by atoms with E-state index in [1.54, 1.807) is 37.3 Å². The van der Waals surface area contributed by atoms with Gasteiger partial charge in [-0.2, -0.15) is 0 Å². The third-order valence-electron chi connectivity index (χ3n) is 3.69. The van der Waals surface area contributed by atoms with E-state index >= 15 is 0 Å². The first-order valence-electron chi connectivity index (χ1n) is 8.04. The topological polar surface area (TPSA) is 108 Å². The molecule has 0 aliphatic rings. The van der Waals surface area contributed by atoms with Crippen LogP contribution in [0.15, 0.2) is 60.7 Å². The van der Waals surface area contributed by atoms with Crippen LogP contribution < -0.4 is 10.8 Å². The Kier molecular flexibility index (Phi) is 6.90. The SMILES string of the molecule is C[C@@H](/C=C/C(=O)NO)[C@H](OC(=O)Nc1ccccc1)c1ccc(O)c(F)c1. The van der Waals surface area contributed by atoms with Gasteiger partial charge in [0.15, 0.2) is 11.6 Å². The number of halogens is 1. The average molecular weight is 374 g/mol. The maximum atomic E-state index is 13.7. The number of para-hydroxylation sites is 1. The van der Waals surface area contributed by atoms with Gasteiger partial charge in [0.05, 0.1) is 0 Å². The van der Waals surface area contributed by atoms with Gasteiger partial charge in [0.1, 0.15) is 6.10 Å². The first kappa shape index (κ1) is 19.9. The van der Waals surface area contributed by atoms with E-state index in [0.29, 0.717) is 5.69 Å². The largest absolute Gasteiger partial charge is 0.505 e. The Morgan fingerprint density at radius 2 is 1.89 bits per heavy atom. The highest BCUT2D eigenvalue weighted by Crippen LogP contribution is 2.30. The number of phenols is 1. The number of rotatable bonds is 6. The zero-order chi connectivity index (χ0) is 19.8. The Morgan fingerprint density at radius 3 is 2.52 bits per heavy atom. The molecule has 0 saturated heterocycles. The lowest BCUT2D eigenvalue weighted by Gasteiger charge is -2.23. The Balaban J connectivity index is 2.22. The van der Waals surface area contributed by atoms with Crippen LogP contribution in [0.4, 0.5) is 14.9 Å². The third kappa shape index (κ3) is 5.82. The van der Waals surface area contributed by atoms with E-state index in [9.17, 15) is 19.1 Å². The monoisotopic (exact) mass is 374 g/mol. The third-order valence-corrected chi connectivity index (χ3v) is 3.69. The van der Waals surface area contributed by atoms with Crippen LogP contribution in [0.2, 0.25) is 0 Å². The maximum Gasteiger partial charge on any atom is 0.412 e. The van der Waals surface area contributed by atoms with E-state index in [-0.39, 0.29) is 5.56 Å². The molecule has 2 atom stereocenters. The fourth-order valence-corrected chi connectivity index (χ4v) is 2.34. The van der Waals surface area contributed by atoms with E-state index in [1.165, 1.54) is 17.6 Å². The fourth-order valence-electron chi connectivity index (χ4n) is 2.34. The van der Waals surface area contributed by atoms with E-state index in [2.05, 4.69) is 5.32 Å². The van der Waals surface area contributed by atoms with Gasteiger partial charge >= 0.3 is 6.09 Å². The zero-order valence-corrected chi connectivity index (χ0v) is 14.4. The summed E-state index contributed by atoms with van der Waals surface area (Å²) in [4.78, 5) is 23.4. The first-order valence-corrected chi connectivity index (χ1v) is 8.04. The molecule has 0 fully saturated rings. The molecule has 0 aliphatic carbocycles. The summed E-state index contributed by atoms with van der Waals surface area (Å²) in [6.07, 6.45) is 0.738. The molecule has 142 valence electrons. The lowest BCUT2D eigenvalue weighted by Crippen LogP contribution is -2.22. The number of ether oxygens (including phenoxy) is 1. The molecule has 0 aliphatic heterocycles. The van der Waals surface area contributed by atoms with Crippen molar-refractivity contribution in [1.82, 2.24) is 5.48 Å². The van der Waals surface area contributed by atoms with Crippen LogP contribution in [0.25, 0.3) is 0 Å². The highest BCUT2D eigenvalue weighted by Gasteiger charge is 2.23. The number of amides is 2. The van der Waals surface area contributed by atoms with Gasteiger partial charge in [-0.05, 0) is 29.8 Å². The van der Waals surface area contributed by atoms with Crippen molar-refractivity contribution in [3.63, 3.8) is 0 Å². The highest BCUT2D eigenvalue weighted by atomic mass is 19.1. The lowest BCUT2D eigenvalue weighted by atomic mass is 9.96. The van der Waals surface area contributed by atoms with Gasteiger partial charge in [-0.15, -0.1) is 0 Å². The molecule has 2 aromatic carbocycles. The van der Waals surface area contributed by atoms with Crippen molar-refractivity contribution in [1.29, 1.82) is 0 Å². The standard InChI is InChI=1S/C19H19FN2O5/c1-12(7-10-17(24)22-26)18(13-8-9-16(23)15(20)11-13)27-19(25)21-14-5-3-2-4-6-14/h2-12,18,23,26H,1H3,(H,21,25)(H,22,24)/b10-7+/t12-,18-/m0/s1. The molecule has 2 rings (SSSR count). The number of nitrogens with one attached hydrogen (secondary N) is 2. The summed E-state index contributed by atoms with van der Waals surface area (Å²) in [6.45, 7) is 1.65. The Hall–Kier alpha value is -3.39. The van der Waals surface area contributed by atoms with Gasteiger partial charge in [0.25, 0.3) is 5.91 Å². The molecule has 0 radical (unpaired) electrons. The number of benzene rings is 2. The van der Waals surface area contributed by atoms with E-state index in [1.807, 2.05) is 0 Å². The number of phenolic OH excluding ortho intramolecular Hbond substituents is 1. The van der Waals surface area contributed by atoms with E-state index in [4.69, 9.17) is 9.94 Å². The predicted octanol–water partition coefficient (Wildman–Crippen LogP) is 3.52. The van der Waals surface area contributed by atoms with Crippen LogP contribution in [0.5, 0.6) is 5.75 Å². The van der Waals surface area contributed by atoms with Crippen molar-refractivity contribution in [3.8, 4) is 5.75 Å². The van der Waals surface area contributed by atoms with Crippen molar-refractivity contribution in [2.45, 2.75) is 13.0 Å². The number of hydrogen-bond donors (Lipinski definition) is 4. The summed E-state index contributed by atoms with van der Waals surface area (Å²) >= 11 is 0. The van der Waals surface area contributed by atoms with Gasteiger partial charge in [-0.1, -0.05) is 37.3 Å². The minimum absolute atomic E-state index is 0.287. The highest BCUT2D eigenvalue weighted by molar-refractivity contribution is 5.86. The van der Waals surface area contributed by atoms with Crippen molar-refractivity contribution in [2.75, 3.05) is 5.32 Å². The molecule has 4 N–H and O–H groups in total. The second-order valence-corrected chi connectivity index (χ2v) is 5.72. The van der Waals surface area contributed by atoms with Crippen LogP contribution in [-0.2, 0) is 9.53 Å². The molecule has 0 saturated carbocycles. The Labute approximate surface area is 155 Å². The number of aromatic hydroxyl groups is 1. The summed E-state index contributed by atoms with van der Waals surface area (Å²) in [7, 11) is 0. The molecular weight excluding hydrogens is 355 g/mol. The van der Waals surface area contributed by atoms with Gasteiger partial charge in [0.2, 0.25) is 0 Å². The summed E-state index contributed by atoms with van der Waals surface area (Å²) < 4.78 is 19.2. The molecule has 0 spiro atoms. The second-order valence-electron chi connectivity index (χ2n) is 5.72. The van der Waals surface area contributed by atoms with Crippen LogP contribution in [0.1, 0.15) is 18.6 Å². The van der Waals surface area contributed by atoms with Crippen LogP contribution >= 0.6 is 0 Å². The molecule has 0 unspecified atom stereocenters. The molecule has 7 nitrogen and oxygen atoms in total. The Bertz CT molecular complexity index is 826. The molecule has 2 aromatic rings. The van der Waals surface area contributed by atoms with Crippen molar-refractivity contribution >= 4 is 17.7 Å². The Morgan fingerprint density at radius 1 is 1.19 bits per heavy atom. The second kappa shape index (κ2) is 9.35. The lowest BCUT2D eigenvalue weighted by molar-refractivity contribution is -0.124. The summed E-state index contributed by atoms with van der Waals surface area (Å²) in [5.74, 6) is -2.71. The molecule has 2 amide bonds. The molecule has 0 heterocycles. The van der Waals surface area contributed by atoms with Gasteiger partial charge in [0, 0.05) is 17.7 Å². The summed E-state index contributed by atoms with van der Waals surface area (Å²) in [5.41, 5.74) is 2.25. The quantitative estimate of drug-likeness (QED) is 0.352. The number of carbonyl (C=O) groups excluding carboxylic acids is 2. The van der Waals surface area contributed by atoms with Crippen LogP contribution in [0, 0.1) is 11.7 Å². The molecule has 27 heavy (non-hydrogen) atoms. The fraction of sp³-hybridized carbons (Fsp3) is 0.158. The molecule has 0 bridgehead atoms. The minimum Gasteiger partial charge on any atom is -0.505 e. The summed E-state index contributed by atoms with van der Waals surface area (Å²) in [6, 6.07) is 12.2. The molecule has 8 heteroatoms. The van der Waals surface area contributed by atoms with Crippen LogP contribution in [0.3, 0.4) is 0 Å². The van der Waals surface area contributed by atoms with Crippen molar-refractivity contribution in [2.24, 2.45) is 5.92 Å². The number of hydrogen-bond acceptors (Lipinski definition) is 5. The number of carbonyl (C=O) groups is 2. The minimum atomic E-state index is -0.952. The zero-order valence-electron chi connectivity index (χ0n) is 14.4. The molecule has 0 aromatic heterocycles. The predicted molar refractivity (Wildman–Crippen MR) is 95.6 cm³/mol. The number of anilines is 1. The van der Waals surface area contributed by atoms with Gasteiger partial charge in [-0.25, -0.2) is 14.7 Å². The van der Waals surface area contributed by atoms with E-state index < -0.39 is 35.6 Å². The van der Waals surface area contributed by atoms with Crippen molar-refractivity contribution < 1.29 is 29.0 Å². The maximum absolute atomic E-state index is 13.7. The molecular formula is C19H19FN2O5. The van der Waals surface area contributed by atoms with Gasteiger partial charge in [-0.3, -0.25) is 15.3 Å². The van der Waals surface area contributed by atoms with Gasteiger partial charge < -0.3 is 9.84 Å². The van der Waals surface area contributed by atoms with E-state index in [0.717, 1.165) is 18.2 Å². The normalized spacial score (nSPS) is 13.0. The van der Waals surface area contributed by atoms with Crippen LogP contribution in [-0.4, -0.2) is 22.3 Å². The number of hydroxylamine groups is 1. The average Bonchev–Trinajstić information content (AvgIpc) is 2.67. The van der Waals surface area contributed by atoms with Crippen molar-refractivity contribution in [3.05, 3.63) is 72.1 Å². The summed E-state index contributed by atoms with van der Waals surface area (Å²) in [5, 5.41) is 20.5.